The van der Waals surface area contributed by atoms with Gasteiger partial charge in [0.15, 0.2) is 0 Å². The number of nitro groups is 2. The highest BCUT2D eigenvalue weighted by Crippen LogP contribution is 2.34. The maximum absolute atomic E-state index is 11.0. The molecule has 0 radical (unpaired) electrons. The summed E-state index contributed by atoms with van der Waals surface area (Å²) in [6.45, 7) is -0.321. The zero-order valence-electron chi connectivity index (χ0n) is 11.3. The maximum atomic E-state index is 11.0. The van der Waals surface area contributed by atoms with Crippen LogP contribution in [0.1, 0.15) is 6.42 Å². The molecule has 1 fully saturated rings. The largest absolute Gasteiger partial charge is 0.396 e. The lowest BCUT2D eigenvalue weighted by atomic mass is 10.1. The Morgan fingerprint density at radius 2 is 1.86 bits per heavy atom. The Kier molecular flexibility index (Phi) is 4.54. The summed E-state index contributed by atoms with van der Waals surface area (Å²) in [4.78, 5) is 20.2. The van der Waals surface area contributed by atoms with Crippen LogP contribution in [0.25, 0.3) is 0 Å². The van der Waals surface area contributed by atoms with Crippen LogP contribution in [-0.4, -0.2) is 50.0 Å². The monoisotopic (exact) mass is 313 g/mol. The number of nitrogens with one attached hydrogen (secondary N) is 1. The van der Waals surface area contributed by atoms with E-state index in [-0.39, 0.29) is 18.7 Å². The first-order chi connectivity index (χ1) is 10.3. The Bertz CT molecular complexity index is 594. The molecular weight excluding hydrogens is 298 g/mol. The van der Waals surface area contributed by atoms with Gasteiger partial charge in [-0.2, -0.15) is 0 Å². The third-order valence-corrected chi connectivity index (χ3v) is 3.77. The van der Waals surface area contributed by atoms with Gasteiger partial charge in [0.05, 0.1) is 28.1 Å². The van der Waals surface area contributed by atoms with Crippen LogP contribution >= 0.6 is 0 Å². The van der Waals surface area contributed by atoms with E-state index in [1.165, 1.54) is 6.07 Å². The summed E-state index contributed by atoms with van der Waals surface area (Å²) in [5.41, 5.74) is -0.911. The van der Waals surface area contributed by atoms with Gasteiger partial charge < -0.3 is 20.6 Å². The summed E-state index contributed by atoms with van der Waals surface area (Å²) in [5.74, 6) is -0.537. The van der Waals surface area contributed by atoms with Crippen molar-refractivity contribution in [1.29, 1.82) is 0 Å². The number of non-ortho nitro benzene ring substituents is 1. The van der Waals surface area contributed by atoms with E-state index in [9.17, 15) is 30.4 Å². The van der Waals surface area contributed by atoms with E-state index >= 15 is 0 Å². The molecule has 1 aromatic rings. The van der Waals surface area contributed by atoms with Gasteiger partial charge in [0.2, 0.25) is 0 Å². The van der Waals surface area contributed by atoms with Crippen LogP contribution < -0.4 is 5.32 Å². The highest BCUT2D eigenvalue weighted by atomic mass is 16.6. The molecule has 10 heteroatoms. The summed E-state index contributed by atoms with van der Waals surface area (Å²) in [5, 5.41) is 53.1. The molecule has 0 aliphatic heterocycles. The van der Waals surface area contributed by atoms with Crippen LogP contribution in [0.3, 0.4) is 0 Å². The van der Waals surface area contributed by atoms with Gasteiger partial charge in [-0.1, -0.05) is 0 Å². The zero-order chi connectivity index (χ0) is 16.4. The van der Waals surface area contributed by atoms with E-state index in [4.69, 9.17) is 5.11 Å². The number of nitro benzene ring substituents is 2. The second-order valence-electron chi connectivity index (χ2n) is 5.13. The van der Waals surface area contributed by atoms with Crippen molar-refractivity contribution in [3.63, 3.8) is 0 Å². The lowest BCUT2D eigenvalue weighted by molar-refractivity contribution is -0.393. The third kappa shape index (κ3) is 2.98. The van der Waals surface area contributed by atoms with Crippen LogP contribution in [0, 0.1) is 26.1 Å². The number of aliphatic hydroxyl groups excluding tert-OH is 3. The Labute approximate surface area is 124 Å². The normalized spacial score (nSPS) is 27.6. The van der Waals surface area contributed by atoms with Gasteiger partial charge in [-0.05, 0) is 12.5 Å². The minimum absolute atomic E-state index is 0.00504. The molecule has 4 unspecified atom stereocenters. The van der Waals surface area contributed by atoms with Crippen LogP contribution in [-0.2, 0) is 0 Å². The van der Waals surface area contributed by atoms with E-state index in [0.29, 0.717) is 0 Å². The molecule has 1 aliphatic rings. The molecule has 120 valence electrons. The number of rotatable bonds is 5. The smallest absolute Gasteiger partial charge is 0.299 e. The first-order valence-electron chi connectivity index (χ1n) is 6.51. The van der Waals surface area contributed by atoms with E-state index < -0.39 is 45.4 Å². The highest BCUT2D eigenvalue weighted by Gasteiger charge is 2.41. The second-order valence-corrected chi connectivity index (χ2v) is 5.13. The number of hydrogen-bond donors (Lipinski definition) is 4. The molecule has 1 aliphatic carbocycles. The Balaban J connectivity index is 2.26. The Morgan fingerprint density at radius 3 is 2.36 bits per heavy atom. The summed E-state index contributed by atoms with van der Waals surface area (Å²) >= 11 is 0. The fourth-order valence-electron chi connectivity index (χ4n) is 2.56. The number of anilines is 1. The van der Waals surface area contributed by atoms with Gasteiger partial charge >= 0.3 is 0 Å². The predicted octanol–water partition coefficient (Wildman–Crippen LogP) is 0.0175. The van der Waals surface area contributed by atoms with E-state index in [1.54, 1.807) is 0 Å². The predicted molar refractivity (Wildman–Crippen MR) is 74.4 cm³/mol. The van der Waals surface area contributed by atoms with E-state index in [1.807, 2.05) is 0 Å². The van der Waals surface area contributed by atoms with Crippen molar-refractivity contribution >= 4 is 17.1 Å². The summed E-state index contributed by atoms with van der Waals surface area (Å²) in [6, 6.07) is 2.41. The quantitative estimate of drug-likeness (QED) is 0.437. The van der Waals surface area contributed by atoms with Crippen molar-refractivity contribution in [2.75, 3.05) is 11.9 Å². The van der Waals surface area contributed by atoms with Crippen LogP contribution in [0.4, 0.5) is 17.1 Å². The van der Waals surface area contributed by atoms with Crippen molar-refractivity contribution < 1.29 is 25.2 Å². The molecule has 10 nitrogen and oxygen atoms in total. The molecule has 0 bridgehead atoms. The molecular formula is C12H15N3O7. The molecule has 4 atom stereocenters. The number of nitrogens with zero attached hydrogens (tertiary/aromatic N) is 2. The minimum atomic E-state index is -1.20. The van der Waals surface area contributed by atoms with Crippen LogP contribution in [0.15, 0.2) is 18.2 Å². The molecule has 4 N–H and O–H groups in total. The van der Waals surface area contributed by atoms with Crippen molar-refractivity contribution in [3.05, 3.63) is 38.4 Å². The molecule has 22 heavy (non-hydrogen) atoms. The van der Waals surface area contributed by atoms with Crippen LogP contribution in [0.5, 0.6) is 0 Å². The highest BCUT2D eigenvalue weighted by molar-refractivity contribution is 5.65. The average Bonchev–Trinajstić information content (AvgIpc) is 2.75. The van der Waals surface area contributed by atoms with Crippen molar-refractivity contribution in [1.82, 2.24) is 0 Å². The van der Waals surface area contributed by atoms with E-state index in [2.05, 4.69) is 5.32 Å². The summed E-state index contributed by atoms with van der Waals surface area (Å²) in [6.07, 6.45) is -2.13. The number of hydrogen-bond acceptors (Lipinski definition) is 8. The first-order valence-corrected chi connectivity index (χ1v) is 6.51. The molecule has 0 amide bonds. The van der Waals surface area contributed by atoms with Gasteiger partial charge in [-0.15, -0.1) is 0 Å². The van der Waals surface area contributed by atoms with Gasteiger partial charge in [0.1, 0.15) is 11.8 Å². The Morgan fingerprint density at radius 1 is 1.18 bits per heavy atom. The molecule has 0 saturated heterocycles. The van der Waals surface area contributed by atoms with Gasteiger partial charge in [0, 0.05) is 18.6 Å². The second kappa shape index (κ2) is 6.22. The van der Waals surface area contributed by atoms with Gasteiger partial charge in [-0.3, -0.25) is 20.2 Å². The number of aliphatic hydroxyl groups is 3. The fourth-order valence-corrected chi connectivity index (χ4v) is 2.56. The molecule has 1 aromatic carbocycles. The maximum Gasteiger partial charge on any atom is 0.299 e. The standard InChI is InChI=1S/C12H15N3O7/c16-5-6-3-9(12(18)11(6)17)13-8-2-1-7(14(19)20)4-10(8)15(21)22/h1-2,4,6,9,11-13,16-18H,3,5H2. The Hall–Kier alpha value is -2.30. The van der Waals surface area contributed by atoms with Crippen molar-refractivity contribution in [3.8, 4) is 0 Å². The summed E-state index contributed by atoms with van der Waals surface area (Å²) < 4.78 is 0. The topological polar surface area (TPSA) is 159 Å². The minimum Gasteiger partial charge on any atom is -0.396 e. The van der Waals surface area contributed by atoms with Crippen molar-refractivity contribution in [2.24, 2.45) is 5.92 Å². The SMILES string of the molecule is O=[N+]([O-])c1ccc(NC2CC(CO)C(O)C2O)c([N+](=O)[O-])c1. The molecule has 0 heterocycles. The third-order valence-electron chi connectivity index (χ3n) is 3.77. The van der Waals surface area contributed by atoms with Crippen molar-refractivity contribution in [2.45, 2.75) is 24.7 Å². The zero-order valence-corrected chi connectivity index (χ0v) is 11.3. The molecule has 0 aromatic heterocycles. The lowest BCUT2D eigenvalue weighted by Crippen LogP contribution is -2.35. The molecule has 2 rings (SSSR count). The molecule has 1 saturated carbocycles. The lowest BCUT2D eigenvalue weighted by Gasteiger charge is -2.19. The van der Waals surface area contributed by atoms with E-state index in [0.717, 1.165) is 12.1 Å². The molecule has 0 spiro atoms. The van der Waals surface area contributed by atoms with Gasteiger partial charge in [0.25, 0.3) is 11.4 Å². The fraction of sp³-hybridized carbons (Fsp3) is 0.500. The number of benzene rings is 1. The van der Waals surface area contributed by atoms with Gasteiger partial charge in [-0.25, -0.2) is 0 Å². The first kappa shape index (κ1) is 16.1. The summed E-state index contributed by atoms with van der Waals surface area (Å²) in [7, 11) is 0. The van der Waals surface area contributed by atoms with Crippen LogP contribution in [0.2, 0.25) is 0 Å². The average molecular weight is 313 g/mol.